The third-order valence-electron chi connectivity index (χ3n) is 2.68. The molecule has 90 valence electrons. The van der Waals surface area contributed by atoms with Crippen molar-refractivity contribution in [1.82, 2.24) is 5.32 Å². The van der Waals surface area contributed by atoms with Crippen LogP contribution < -0.4 is 11.1 Å². The Morgan fingerprint density at radius 3 is 2.40 bits per heavy atom. The molecule has 1 amide bonds. The minimum absolute atomic E-state index is 0.0579. The number of nitrogens with one attached hydrogen (secondary N) is 1. The number of rotatable bonds is 7. The van der Waals surface area contributed by atoms with Crippen molar-refractivity contribution < 1.29 is 4.79 Å². The summed E-state index contributed by atoms with van der Waals surface area (Å²) in [5.41, 5.74) is 4.93. The average molecular weight is 214 g/mol. The number of unbranched alkanes of at least 4 members (excludes halogenated alkanes) is 1. The topological polar surface area (TPSA) is 55.1 Å². The van der Waals surface area contributed by atoms with E-state index in [0.717, 1.165) is 13.0 Å². The lowest BCUT2D eigenvalue weighted by molar-refractivity contribution is -0.125. The van der Waals surface area contributed by atoms with Crippen LogP contribution in [0.2, 0.25) is 0 Å². The number of hydrogen-bond donors (Lipinski definition) is 2. The summed E-state index contributed by atoms with van der Waals surface area (Å²) in [4.78, 5) is 11.5. The van der Waals surface area contributed by atoms with Crippen molar-refractivity contribution in [3.8, 4) is 0 Å². The van der Waals surface area contributed by atoms with Crippen molar-refractivity contribution in [2.24, 2.45) is 11.7 Å². The molecule has 0 fully saturated rings. The first-order valence-electron chi connectivity index (χ1n) is 5.99. The summed E-state index contributed by atoms with van der Waals surface area (Å²) in [6, 6.07) is 0. The molecule has 3 N–H and O–H groups in total. The Hall–Kier alpha value is -0.570. The highest BCUT2D eigenvalue weighted by Gasteiger charge is 2.21. The molecular formula is C12H26N2O. The van der Waals surface area contributed by atoms with Crippen LogP contribution in [0.5, 0.6) is 0 Å². The molecule has 0 aliphatic carbocycles. The predicted octanol–water partition coefficient (Wildman–Crippen LogP) is 2.06. The predicted molar refractivity (Wildman–Crippen MR) is 64.6 cm³/mol. The Morgan fingerprint density at radius 2 is 2.00 bits per heavy atom. The van der Waals surface area contributed by atoms with Gasteiger partial charge in [-0.3, -0.25) is 4.79 Å². The Morgan fingerprint density at radius 1 is 1.40 bits per heavy atom. The Kier molecular flexibility index (Phi) is 6.57. The molecule has 0 saturated carbocycles. The molecule has 0 radical (unpaired) electrons. The Bertz CT molecular complexity index is 185. The number of carbonyl (C=O) groups excluding carboxylic acids is 1. The molecule has 1 unspecified atom stereocenters. The van der Waals surface area contributed by atoms with Gasteiger partial charge in [-0.05, 0) is 26.2 Å². The van der Waals surface area contributed by atoms with Crippen LogP contribution in [0.15, 0.2) is 0 Å². The van der Waals surface area contributed by atoms with E-state index in [2.05, 4.69) is 19.2 Å². The monoisotopic (exact) mass is 214 g/mol. The maximum atomic E-state index is 11.5. The SMILES string of the molecule is CCCCC(CC)CNC(=O)C(C)(C)N. The number of amides is 1. The van der Waals surface area contributed by atoms with E-state index >= 15 is 0 Å². The molecule has 0 aromatic rings. The van der Waals surface area contributed by atoms with Gasteiger partial charge in [-0.1, -0.05) is 33.1 Å². The zero-order valence-corrected chi connectivity index (χ0v) is 10.6. The quantitative estimate of drug-likeness (QED) is 0.681. The molecule has 3 heteroatoms. The van der Waals surface area contributed by atoms with Gasteiger partial charge in [-0.15, -0.1) is 0 Å². The van der Waals surface area contributed by atoms with E-state index in [9.17, 15) is 4.79 Å². The molecule has 15 heavy (non-hydrogen) atoms. The summed E-state index contributed by atoms with van der Waals surface area (Å²) >= 11 is 0. The molecular weight excluding hydrogens is 188 g/mol. The molecule has 0 heterocycles. The van der Waals surface area contributed by atoms with Crippen molar-refractivity contribution in [3.63, 3.8) is 0 Å². The minimum atomic E-state index is -0.761. The van der Waals surface area contributed by atoms with Crippen molar-refractivity contribution in [3.05, 3.63) is 0 Å². The van der Waals surface area contributed by atoms with Crippen LogP contribution in [0.4, 0.5) is 0 Å². The molecule has 0 aromatic carbocycles. The first-order valence-corrected chi connectivity index (χ1v) is 5.99. The summed E-state index contributed by atoms with van der Waals surface area (Å²) in [6.07, 6.45) is 4.76. The van der Waals surface area contributed by atoms with E-state index in [1.807, 2.05) is 0 Å². The molecule has 3 nitrogen and oxygen atoms in total. The van der Waals surface area contributed by atoms with Gasteiger partial charge in [0.15, 0.2) is 0 Å². The van der Waals surface area contributed by atoms with E-state index in [0.29, 0.717) is 5.92 Å². The van der Waals surface area contributed by atoms with Crippen LogP contribution >= 0.6 is 0 Å². The van der Waals surface area contributed by atoms with Crippen molar-refractivity contribution >= 4 is 5.91 Å². The molecule has 0 bridgehead atoms. The molecule has 0 spiro atoms. The van der Waals surface area contributed by atoms with Crippen LogP contribution in [0.3, 0.4) is 0 Å². The molecule has 0 aliphatic rings. The smallest absolute Gasteiger partial charge is 0.239 e. The van der Waals surface area contributed by atoms with E-state index < -0.39 is 5.54 Å². The van der Waals surface area contributed by atoms with Gasteiger partial charge in [0, 0.05) is 6.54 Å². The van der Waals surface area contributed by atoms with Gasteiger partial charge in [0.25, 0.3) is 0 Å². The molecule has 0 aromatic heterocycles. The van der Waals surface area contributed by atoms with E-state index in [1.165, 1.54) is 19.3 Å². The Labute approximate surface area is 93.8 Å². The maximum absolute atomic E-state index is 11.5. The van der Waals surface area contributed by atoms with E-state index in [1.54, 1.807) is 13.8 Å². The third kappa shape index (κ3) is 6.50. The fraction of sp³-hybridized carbons (Fsp3) is 0.917. The third-order valence-corrected chi connectivity index (χ3v) is 2.68. The first kappa shape index (κ1) is 14.4. The van der Waals surface area contributed by atoms with Crippen LogP contribution in [-0.2, 0) is 4.79 Å². The molecule has 1 atom stereocenters. The normalized spacial score (nSPS) is 13.7. The maximum Gasteiger partial charge on any atom is 0.239 e. The van der Waals surface area contributed by atoms with Crippen molar-refractivity contribution in [2.75, 3.05) is 6.54 Å². The largest absolute Gasteiger partial charge is 0.354 e. The Balaban J connectivity index is 3.85. The van der Waals surface area contributed by atoms with Gasteiger partial charge in [-0.2, -0.15) is 0 Å². The van der Waals surface area contributed by atoms with Crippen LogP contribution in [0, 0.1) is 5.92 Å². The van der Waals surface area contributed by atoms with Gasteiger partial charge >= 0.3 is 0 Å². The van der Waals surface area contributed by atoms with Gasteiger partial charge < -0.3 is 11.1 Å². The summed E-state index contributed by atoms with van der Waals surface area (Å²) in [5.74, 6) is 0.536. The second-order valence-corrected chi connectivity index (χ2v) is 4.85. The lowest BCUT2D eigenvalue weighted by Gasteiger charge is -2.21. The highest BCUT2D eigenvalue weighted by molar-refractivity contribution is 5.84. The fourth-order valence-corrected chi connectivity index (χ4v) is 1.41. The second-order valence-electron chi connectivity index (χ2n) is 4.85. The van der Waals surface area contributed by atoms with Crippen LogP contribution in [0.25, 0.3) is 0 Å². The molecule has 0 saturated heterocycles. The lowest BCUT2D eigenvalue weighted by Crippen LogP contribution is -2.50. The zero-order valence-electron chi connectivity index (χ0n) is 10.6. The standard InChI is InChI=1S/C12H26N2O/c1-5-7-8-10(6-2)9-14-11(15)12(3,4)13/h10H,5-9,13H2,1-4H3,(H,14,15). The van der Waals surface area contributed by atoms with Crippen LogP contribution in [-0.4, -0.2) is 18.0 Å². The van der Waals surface area contributed by atoms with Crippen molar-refractivity contribution in [2.45, 2.75) is 58.9 Å². The van der Waals surface area contributed by atoms with Gasteiger partial charge in [0.05, 0.1) is 5.54 Å². The average Bonchev–Trinajstić information content (AvgIpc) is 2.16. The number of hydrogen-bond acceptors (Lipinski definition) is 2. The summed E-state index contributed by atoms with van der Waals surface area (Å²) in [5, 5.41) is 2.92. The van der Waals surface area contributed by atoms with E-state index in [4.69, 9.17) is 5.73 Å². The fourth-order valence-electron chi connectivity index (χ4n) is 1.41. The van der Waals surface area contributed by atoms with Gasteiger partial charge in [0.2, 0.25) is 5.91 Å². The highest BCUT2D eigenvalue weighted by atomic mass is 16.2. The zero-order chi connectivity index (χ0) is 11.9. The minimum Gasteiger partial charge on any atom is -0.354 e. The molecule has 0 aliphatic heterocycles. The first-order chi connectivity index (χ1) is 6.91. The van der Waals surface area contributed by atoms with E-state index in [-0.39, 0.29) is 5.91 Å². The lowest BCUT2D eigenvalue weighted by atomic mass is 9.98. The van der Waals surface area contributed by atoms with Crippen LogP contribution in [0.1, 0.15) is 53.4 Å². The highest BCUT2D eigenvalue weighted by Crippen LogP contribution is 2.11. The van der Waals surface area contributed by atoms with Crippen molar-refractivity contribution in [1.29, 1.82) is 0 Å². The number of carbonyl (C=O) groups is 1. The number of nitrogens with two attached hydrogens (primary N) is 1. The summed E-state index contributed by atoms with van der Waals surface area (Å²) in [6.45, 7) is 8.58. The summed E-state index contributed by atoms with van der Waals surface area (Å²) < 4.78 is 0. The van der Waals surface area contributed by atoms with Gasteiger partial charge in [0.1, 0.15) is 0 Å². The summed E-state index contributed by atoms with van der Waals surface area (Å²) in [7, 11) is 0. The van der Waals surface area contributed by atoms with Gasteiger partial charge in [-0.25, -0.2) is 0 Å². The molecule has 0 rings (SSSR count). The second kappa shape index (κ2) is 6.83.